The van der Waals surface area contributed by atoms with Crippen LogP contribution in [0.4, 0.5) is 5.69 Å². The number of thioether (sulfide) groups is 2. The average molecular weight is 487 g/mol. The molecule has 0 saturated carbocycles. The Morgan fingerprint density at radius 3 is 2.55 bits per heavy atom. The van der Waals surface area contributed by atoms with E-state index >= 15 is 0 Å². The molecule has 0 spiro atoms. The van der Waals surface area contributed by atoms with Gasteiger partial charge in [-0.2, -0.15) is 0 Å². The van der Waals surface area contributed by atoms with Gasteiger partial charge in [0.15, 0.2) is 10.3 Å². The third-order valence-corrected chi connectivity index (χ3v) is 6.22. The van der Waals surface area contributed by atoms with Crippen molar-refractivity contribution in [1.82, 2.24) is 24.7 Å². The highest BCUT2D eigenvalue weighted by molar-refractivity contribution is 7.99. The van der Waals surface area contributed by atoms with Gasteiger partial charge in [-0.15, -0.1) is 16.8 Å². The number of rotatable bonds is 11. The zero-order valence-corrected chi connectivity index (χ0v) is 20.6. The maximum absolute atomic E-state index is 12.5. The van der Waals surface area contributed by atoms with Gasteiger partial charge in [-0.05, 0) is 32.0 Å². The largest absolute Gasteiger partial charge is 0.497 e. The smallest absolute Gasteiger partial charge is 0.234 e. The lowest BCUT2D eigenvalue weighted by Crippen LogP contribution is -2.15. The lowest BCUT2D eigenvalue weighted by atomic mass is 10.2. The number of methoxy groups -OCH3 is 2. The first kappa shape index (κ1) is 24.6. The Morgan fingerprint density at radius 1 is 1.12 bits per heavy atom. The number of allylic oxidation sites excluding steroid dienone is 1. The molecule has 174 valence electrons. The van der Waals surface area contributed by atoms with Crippen molar-refractivity contribution in [3.8, 4) is 11.5 Å². The summed E-state index contributed by atoms with van der Waals surface area (Å²) in [4.78, 5) is 21.4. The lowest BCUT2D eigenvalue weighted by molar-refractivity contribution is -0.113. The summed E-state index contributed by atoms with van der Waals surface area (Å²) >= 11 is 2.80. The number of nitrogens with zero attached hydrogens (tertiary/aromatic N) is 5. The summed E-state index contributed by atoms with van der Waals surface area (Å²) in [5, 5.41) is 12.8. The topological polar surface area (TPSA) is 104 Å². The SMILES string of the molecule is C=CCn1c(CSc2nc(C)cc(C)n2)nnc1SCC(=O)Nc1ccc(OC)cc1OC. The second kappa shape index (κ2) is 11.7. The molecule has 0 unspecified atom stereocenters. The molecule has 1 amide bonds. The van der Waals surface area contributed by atoms with Crippen molar-refractivity contribution in [1.29, 1.82) is 0 Å². The Bertz CT molecular complexity index is 1120. The Hall–Kier alpha value is -3.05. The first-order chi connectivity index (χ1) is 15.9. The highest BCUT2D eigenvalue weighted by Crippen LogP contribution is 2.29. The molecule has 0 atom stereocenters. The zero-order valence-electron chi connectivity index (χ0n) is 19.0. The molecule has 11 heteroatoms. The molecule has 0 radical (unpaired) electrons. The molecule has 1 aromatic carbocycles. The van der Waals surface area contributed by atoms with E-state index in [1.54, 1.807) is 38.5 Å². The standard InChI is InChI=1S/C22H26N6O3S2/c1-6-9-28-19(12-32-21-23-14(2)10-15(3)24-21)26-27-22(28)33-13-20(29)25-17-8-7-16(30-4)11-18(17)31-5/h6-8,10-11H,1,9,12-13H2,2-5H3,(H,25,29). The molecular formula is C22H26N6O3S2. The number of nitrogens with one attached hydrogen (secondary N) is 1. The van der Waals surface area contributed by atoms with Gasteiger partial charge < -0.3 is 19.4 Å². The molecule has 0 fully saturated rings. The van der Waals surface area contributed by atoms with E-state index < -0.39 is 0 Å². The Kier molecular flexibility index (Phi) is 8.72. The molecule has 0 bridgehead atoms. The highest BCUT2D eigenvalue weighted by Gasteiger charge is 2.16. The van der Waals surface area contributed by atoms with E-state index in [2.05, 4.69) is 32.1 Å². The minimum absolute atomic E-state index is 0.164. The summed E-state index contributed by atoms with van der Waals surface area (Å²) in [6.07, 6.45) is 1.77. The molecule has 3 rings (SSSR count). The van der Waals surface area contributed by atoms with Crippen LogP contribution in [0.2, 0.25) is 0 Å². The van der Waals surface area contributed by atoms with Crippen LogP contribution < -0.4 is 14.8 Å². The van der Waals surface area contributed by atoms with Gasteiger partial charge >= 0.3 is 0 Å². The van der Waals surface area contributed by atoms with E-state index in [1.165, 1.54) is 23.5 Å². The second-order valence-corrected chi connectivity index (χ2v) is 8.81. The quantitative estimate of drug-likeness (QED) is 0.245. The van der Waals surface area contributed by atoms with E-state index in [0.717, 1.165) is 17.2 Å². The Morgan fingerprint density at radius 2 is 1.88 bits per heavy atom. The van der Waals surface area contributed by atoms with Crippen LogP contribution in [0.3, 0.4) is 0 Å². The number of hydrogen-bond donors (Lipinski definition) is 1. The maximum Gasteiger partial charge on any atom is 0.234 e. The fraction of sp³-hybridized carbons (Fsp3) is 0.318. The van der Waals surface area contributed by atoms with E-state index in [1.807, 2.05) is 24.5 Å². The molecule has 0 aliphatic carbocycles. The minimum atomic E-state index is -0.184. The molecule has 1 N–H and O–H groups in total. The second-order valence-electron chi connectivity index (χ2n) is 6.92. The van der Waals surface area contributed by atoms with Crippen LogP contribution in [0.15, 0.2) is 47.2 Å². The van der Waals surface area contributed by atoms with Crippen molar-refractivity contribution in [2.75, 3.05) is 25.3 Å². The zero-order chi connectivity index (χ0) is 23.8. The number of amides is 1. The van der Waals surface area contributed by atoms with Crippen LogP contribution in [-0.2, 0) is 17.1 Å². The van der Waals surface area contributed by atoms with Gasteiger partial charge in [-0.1, -0.05) is 29.6 Å². The van der Waals surface area contributed by atoms with Gasteiger partial charge in [0.05, 0.1) is 31.4 Å². The van der Waals surface area contributed by atoms with Crippen LogP contribution in [0, 0.1) is 13.8 Å². The van der Waals surface area contributed by atoms with E-state index in [0.29, 0.717) is 39.8 Å². The van der Waals surface area contributed by atoms with E-state index in [-0.39, 0.29) is 11.7 Å². The van der Waals surface area contributed by atoms with E-state index in [4.69, 9.17) is 9.47 Å². The Balaban J connectivity index is 1.64. The average Bonchev–Trinajstić information content (AvgIpc) is 3.17. The number of anilines is 1. The van der Waals surface area contributed by atoms with Crippen molar-refractivity contribution in [3.05, 3.63) is 54.1 Å². The normalized spacial score (nSPS) is 10.7. The number of carbonyl (C=O) groups excluding carboxylic acids is 1. The molecular weight excluding hydrogens is 460 g/mol. The van der Waals surface area contributed by atoms with Gasteiger partial charge in [-0.25, -0.2) is 9.97 Å². The summed E-state index contributed by atoms with van der Waals surface area (Å²) in [7, 11) is 3.12. The summed E-state index contributed by atoms with van der Waals surface area (Å²) in [5.74, 6) is 2.47. The third kappa shape index (κ3) is 6.72. The van der Waals surface area contributed by atoms with Crippen molar-refractivity contribution in [2.45, 2.75) is 36.5 Å². The highest BCUT2D eigenvalue weighted by atomic mass is 32.2. The molecule has 0 saturated heterocycles. The van der Waals surface area contributed by atoms with Crippen LogP contribution >= 0.6 is 23.5 Å². The van der Waals surface area contributed by atoms with E-state index in [9.17, 15) is 4.79 Å². The number of carbonyl (C=O) groups is 1. The number of hydrogen-bond acceptors (Lipinski definition) is 9. The number of aromatic nitrogens is 5. The van der Waals surface area contributed by atoms with Gasteiger partial charge in [0.1, 0.15) is 17.3 Å². The van der Waals surface area contributed by atoms with Crippen LogP contribution in [0.25, 0.3) is 0 Å². The summed E-state index contributed by atoms with van der Waals surface area (Å²) in [5.41, 5.74) is 2.42. The van der Waals surface area contributed by atoms with Crippen molar-refractivity contribution >= 4 is 35.1 Å². The first-order valence-electron chi connectivity index (χ1n) is 10.1. The summed E-state index contributed by atoms with van der Waals surface area (Å²) in [6, 6.07) is 7.15. The fourth-order valence-electron chi connectivity index (χ4n) is 2.95. The van der Waals surface area contributed by atoms with Crippen molar-refractivity contribution in [3.63, 3.8) is 0 Å². The summed E-state index contributed by atoms with van der Waals surface area (Å²) < 4.78 is 12.5. The monoisotopic (exact) mass is 486 g/mol. The minimum Gasteiger partial charge on any atom is -0.497 e. The molecule has 2 aromatic heterocycles. The van der Waals surface area contributed by atoms with Gasteiger partial charge in [0.25, 0.3) is 0 Å². The van der Waals surface area contributed by atoms with Gasteiger partial charge in [0.2, 0.25) is 5.91 Å². The fourth-order valence-corrected chi connectivity index (χ4v) is 4.61. The number of aryl methyl sites for hydroxylation is 2. The van der Waals surface area contributed by atoms with Crippen LogP contribution in [-0.4, -0.2) is 50.6 Å². The first-order valence-corrected chi connectivity index (χ1v) is 12.0. The van der Waals surface area contributed by atoms with Gasteiger partial charge in [0, 0.05) is 24.0 Å². The maximum atomic E-state index is 12.5. The molecule has 33 heavy (non-hydrogen) atoms. The molecule has 2 heterocycles. The van der Waals surface area contributed by atoms with Crippen LogP contribution in [0.1, 0.15) is 17.2 Å². The van der Waals surface area contributed by atoms with Crippen molar-refractivity contribution < 1.29 is 14.3 Å². The summed E-state index contributed by atoms with van der Waals surface area (Å²) in [6.45, 7) is 8.25. The van der Waals surface area contributed by atoms with Gasteiger partial charge in [-0.3, -0.25) is 4.79 Å². The number of benzene rings is 1. The van der Waals surface area contributed by atoms with Crippen molar-refractivity contribution in [2.24, 2.45) is 0 Å². The lowest BCUT2D eigenvalue weighted by Gasteiger charge is -2.11. The Labute approximate surface area is 201 Å². The predicted octanol–water partition coefficient (Wildman–Crippen LogP) is 3.91. The van der Waals surface area contributed by atoms with Crippen LogP contribution in [0.5, 0.6) is 11.5 Å². The molecule has 0 aliphatic heterocycles. The molecule has 3 aromatic rings. The molecule has 9 nitrogen and oxygen atoms in total. The third-order valence-electron chi connectivity index (χ3n) is 4.41. The predicted molar refractivity (Wildman–Crippen MR) is 130 cm³/mol. The number of ether oxygens (including phenoxy) is 2. The molecule has 0 aliphatic rings.